The molecule has 0 radical (unpaired) electrons. The van der Waals surface area contributed by atoms with E-state index in [-0.39, 0.29) is 11.5 Å². The van der Waals surface area contributed by atoms with Gasteiger partial charge in [0.05, 0.1) is 12.2 Å². The van der Waals surface area contributed by atoms with E-state index in [2.05, 4.69) is 26.0 Å². The van der Waals surface area contributed by atoms with E-state index in [1.807, 2.05) is 0 Å². The van der Waals surface area contributed by atoms with Crippen molar-refractivity contribution in [1.82, 2.24) is 0 Å². The standard InChI is InChI=1S/C34H46F2O4/c1-3-5-7-8-10-24-39-31-23-22-30(32(35)33(31)36)34(37)40-29-20-18-28(19-21-29)38-25-11-13-27-16-14-26(15-17-27)12-9-6-4-2/h11,13,18-23,26-27H,3-10,12,14-17,24-25H2,1-2H3. The van der Waals surface area contributed by atoms with Crippen LogP contribution in [0.2, 0.25) is 0 Å². The molecule has 6 heteroatoms. The molecule has 0 bridgehead atoms. The van der Waals surface area contributed by atoms with Crippen LogP contribution in [0.3, 0.4) is 0 Å². The van der Waals surface area contributed by atoms with E-state index in [0.717, 1.165) is 38.0 Å². The predicted molar refractivity (Wildman–Crippen MR) is 156 cm³/mol. The van der Waals surface area contributed by atoms with Crippen LogP contribution in [0, 0.1) is 23.5 Å². The lowest BCUT2D eigenvalue weighted by Crippen LogP contribution is -2.13. The van der Waals surface area contributed by atoms with Gasteiger partial charge in [0, 0.05) is 0 Å². The molecule has 2 aromatic rings. The molecule has 1 aliphatic carbocycles. The van der Waals surface area contributed by atoms with Gasteiger partial charge in [-0.25, -0.2) is 9.18 Å². The van der Waals surface area contributed by atoms with Crippen molar-refractivity contribution in [3.63, 3.8) is 0 Å². The summed E-state index contributed by atoms with van der Waals surface area (Å²) in [6.07, 6.45) is 20.0. The Kier molecular flexibility index (Phi) is 14.0. The number of benzene rings is 2. The smallest absolute Gasteiger partial charge is 0.346 e. The minimum absolute atomic E-state index is 0.199. The molecule has 1 aliphatic rings. The average Bonchev–Trinajstić information content (AvgIpc) is 2.97. The highest BCUT2D eigenvalue weighted by molar-refractivity contribution is 5.91. The summed E-state index contributed by atoms with van der Waals surface area (Å²) >= 11 is 0. The summed E-state index contributed by atoms with van der Waals surface area (Å²) in [5, 5.41) is 0. The third-order valence-corrected chi connectivity index (χ3v) is 7.67. The molecule has 220 valence electrons. The molecular formula is C34H46F2O4. The van der Waals surface area contributed by atoms with Crippen LogP contribution in [0.5, 0.6) is 17.2 Å². The first-order valence-electron chi connectivity index (χ1n) is 15.2. The average molecular weight is 557 g/mol. The van der Waals surface area contributed by atoms with Crippen LogP contribution in [0.25, 0.3) is 0 Å². The fourth-order valence-electron chi connectivity index (χ4n) is 5.20. The summed E-state index contributed by atoms with van der Waals surface area (Å²) in [6.45, 7) is 5.15. The number of carbonyl (C=O) groups excluding carboxylic acids is 1. The third kappa shape index (κ3) is 10.6. The van der Waals surface area contributed by atoms with E-state index in [4.69, 9.17) is 14.2 Å². The second-order valence-corrected chi connectivity index (χ2v) is 10.9. The van der Waals surface area contributed by atoms with Gasteiger partial charge in [-0.3, -0.25) is 0 Å². The number of ether oxygens (including phenoxy) is 3. The van der Waals surface area contributed by atoms with Crippen molar-refractivity contribution in [3.05, 3.63) is 65.7 Å². The van der Waals surface area contributed by atoms with Gasteiger partial charge < -0.3 is 14.2 Å². The van der Waals surface area contributed by atoms with Crippen LogP contribution in [0.15, 0.2) is 48.6 Å². The highest BCUT2D eigenvalue weighted by Gasteiger charge is 2.21. The number of carbonyl (C=O) groups is 1. The van der Waals surface area contributed by atoms with Gasteiger partial charge in [0.25, 0.3) is 0 Å². The van der Waals surface area contributed by atoms with Crippen molar-refractivity contribution in [3.8, 4) is 17.2 Å². The predicted octanol–water partition coefficient (Wildman–Crippen LogP) is 9.85. The number of esters is 1. The molecule has 0 saturated heterocycles. The number of unbranched alkanes of at least 4 members (excludes halogenated alkanes) is 6. The summed E-state index contributed by atoms with van der Waals surface area (Å²) in [6, 6.07) is 8.97. The molecule has 0 amide bonds. The van der Waals surface area contributed by atoms with E-state index in [0.29, 0.717) is 24.9 Å². The molecule has 0 heterocycles. The minimum Gasteiger partial charge on any atom is -0.490 e. The molecule has 0 spiro atoms. The Morgan fingerprint density at radius 2 is 1.48 bits per heavy atom. The summed E-state index contributed by atoms with van der Waals surface area (Å²) in [7, 11) is 0. The molecule has 40 heavy (non-hydrogen) atoms. The molecule has 3 rings (SSSR count). The van der Waals surface area contributed by atoms with Crippen molar-refractivity contribution in [1.29, 1.82) is 0 Å². The molecule has 0 N–H and O–H groups in total. The van der Waals surface area contributed by atoms with Crippen LogP contribution in [-0.4, -0.2) is 19.2 Å². The van der Waals surface area contributed by atoms with E-state index in [9.17, 15) is 13.6 Å². The fraction of sp³-hybridized carbons (Fsp3) is 0.559. The van der Waals surface area contributed by atoms with Crippen molar-refractivity contribution in [2.24, 2.45) is 11.8 Å². The van der Waals surface area contributed by atoms with E-state index in [1.165, 1.54) is 63.5 Å². The maximum atomic E-state index is 14.6. The molecule has 0 aromatic heterocycles. The van der Waals surface area contributed by atoms with Crippen molar-refractivity contribution in [2.45, 2.75) is 97.3 Å². The summed E-state index contributed by atoms with van der Waals surface area (Å²) in [5.74, 6) is -1.24. The van der Waals surface area contributed by atoms with E-state index < -0.39 is 23.2 Å². The van der Waals surface area contributed by atoms with Crippen LogP contribution in [0.4, 0.5) is 8.78 Å². The van der Waals surface area contributed by atoms with Gasteiger partial charge in [0.2, 0.25) is 5.82 Å². The molecule has 2 aromatic carbocycles. The van der Waals surface area contributed by atoms with Crippen LogP contribution < -0.4 is 14.2 Å². The quantitative estimate of drug-likeness (QED) is 0.0842. The normalized spacial score (nSPS) is 17.2. The van der Waals surface area contributed by atoms with Gasteiger partial charge in [-0.2, -0.15) is 4.39 Å². The molecule has 0 unspecified atom stereocenters. The summed E-state index contributed by atoms with van der Waals surface area (Å²) in [4.78, 5) is 12.5. The Morgan fingerprint density at radius 3 is 2.20 bits per heavy atom. The van der Waals surface area contributed by atoms with Crippen LogP contribution in [-0.2, 0) is 0 Å². The van der Waals surface area contributed by atoms with E-state index in [1.54, 1.807) is 24.3 Å². The third-order valence-electron chi connectivity index (χ3n) is 7.67. The largest absolute Gasteiger partial charge is 0.490 e. The monoisotopic (exact) mass is 556 g/mol. The molecular weight excluding hydrogens is 510 g/mol. The SMILES string of the molecule is CCCCCCCOc1ccc(C(=O)Oc2ccc(OCC=CC3CCC(CCCCC)CC3)cc2)c(F)c1F. The van der Waals surface area contributed by atoms with E-state index >= 15 is 0 Å². The van der Waals surface area contributed by atoms with Crippen LogP contribution >= 0.6 is 0 Å². The van der Waals surface area contributed by atoms with Gasteiger partial charge in [0.15, 0.2) is 11.6 Å². The zero-order valence-corrected chi connectivity index (χ0v) is 24.3. The number of hydrogen-bond acceptors (Lipinski definition) is 4. The molecule has 4 nitrogen and oxygen atoms in total. The van der Waals surface area contributed by atoms with Crippen molar-refractivity contribution < 1.29 is 27.8 Å². The van der Waals surface area contributed by atoms with Gasteiger partial charge in [-0.05, 0) is 80.3 Å². The fourth-order valence-corrected chi connectivity index (χ4v) is 5.20. The Balaban J connectivity index is 1.39. The summed E-state index contributed by atoms with van der Waals surface area (Å²) < 4.78 is 45.4. The van der Waals surface area contributed by atoms with Crippen molar-refractivity contribution >= 4 is 5.97 Å². The lowest BCUT2D eigenvalue weighted by atomic mass is 9.79. The first-order chi connectivity index (χ1) is 19.5. The number of hydrogen-bond donors (Lipinski definition) is 0. The molecule has 1 fully saturated rings. The second kappa shape index (κ2) is 17.7. The molecule has 1 saturated carbocycles. The highest BCUT2D eigenvalue weighted by atomic mass is 19.2. The van der Waals surface area contributed by atoms with Crippen molar-refractivity contribution in [2.75, 3.05) is 13.2 Å². The Hall–Kier alpha value is -2.89. The van der Waals surface area contributed by atoms with Gasteiger partial charge in [-0.15, -0.1) is 0 Å². The topological polar surface area (TPSA) is 44.8 Å². The minimum atomic E-state index is -1.27. The lowest BCUT2D eigenvalue weighted by Gasteiger charge is -2.26. The summed E-state index contributed by atoms with van der Waals surface area (Å²) in [5.41, 5.74) is -0.478. The van der Waals surface area contributed by atoms with Gasteiger partial charge in [-0.1, -0.05) is 77.4 Å². The second-order valence-electron chi connectivity index (χ2n) is 10.9. The maximum Gasteiger partial charge on any atom is 0.346 e. The van der Waals surface area contributed by atoms with Gasteiger partial charge in [0.1, 0.15) is 18.1 Å². The maximum absolute atomic E-state index is 14.6. The lowest BCUT2D eigenvalue weighted by molar-refractivity contribution is 0.0728. The molecule has 0 aliphatic heterocycles. The Bertz CT molecular complexity index is 1040. The number of rotatable bonds is 17. The van der Waals surface area contributed by atoms with Gasteiger partial charge >= 0.3 is 5.97 Å². The Morgan fingerprint density at radius 1 is 0.800 bits per heavy atom. The number of halogens is 2. The Labute approximate surface area is 239 Å². The number of allylic oxidation sites excluding steroid dienone is 1. The first kappa shape index (κ1) is 31.6. The zero-order chi connectivity index (χ0) is 28.6. The molecule has 0 atom stereocenters. The first-order valence-corrected chi connectivity index (χ1v) is 15.2. The highest BCUT2D eigenvalue weighted by Crippen LogP contribution is 2.32. The van der Waals surface area contributed by atoms with Crippen LogP contribution in [0.1, 0.15) is 108 Å². The zero-order valence-electron chi connectivity index (χ0n) is 24.3.